The number of carbonyl (C=O) groups excluding carboxylic acids is 1. The van der Waals surface area contributed by atoms with Crippen molar-refractivity contribution in [1.82, 2.24) is 4.90 Å². The number of amides is 1. The van der Waals surface area contributed by atoms with Gasteiger partial charge in [0.1, 0.15) is 0 Å². The molecule has 1 aromatic rings. The lowest BCUT2D eigenvalue weighted by Crippen LogP contribution is -2.37. The lowest BCUT2D eigenvalue weighted by Gasteiger charge is -2.28. The van der Waals surface area contributed by atoms with E-state index in [9.17, 15) is 4.79 Å². The summed E-state index contributed by atoms with van der Waals surface area (Å²) in [6, 6.07) is 7.71. The fraction of sp³-hybridized carbons (Fsp3) is 0.562. The Labute approximate surface area is 120 Å². The van der Waals surface area contributed by atoms with Gasteiger partial charge in [0.2, 0.25) is 0 Å². The van der Waals surface area contributed by atoms with Crippen molar-refractivity contribution in [2.24, 2.45) is 5.73 Å². The Morgan fingerprint density at radius 2 is 2.20 bits per heavy atom. The van der Waals surface area contributed by atoms with Gasteiger partial charge in [-0.05, 0) is 43.9 Å². The Hall–Kier alpha value is -1.39. The van der Waals surface area contributed by atoms with Gasteiger partial charge in [0.25, 0.3) is 5.91 Å². The second kappa shape index (κ2) is 7.41. The smallest absolute Gasteiger partial charge is 0.253 e. The predicted molar refractivity (Wildman–Crippen MR) is 79.8 cm³/mol. The standard InChI is InChI=1S/C16H24N2O2/c1-18(12-14-7-4-5-11-20-14)16(19)15-8-3-2-6-13(15)9-10-17/h2-3,6,8,14H,4-5,7,9-12,17H2,1H3. The van der Waals surface area contributed by atoms with E-state index in [0.717, 1.165) is 37.0 Å². The third-order valence-electron chi connectivity index (χ3n) is 3.76. The number of nitrogens with zero attached hydrogens (tertiary/aromatic N) is 1. The Balaban J connectivity index is 2.02. The maximum absolute atomic E-state index is 12.5. The van der Waals surface area contributed by atoms with Gasteiger partial charge in [-0.15, -0.1) is 0 Å². The zero-order chi connectivity index (χ0) is 14.4. The topological polar surface area (TPSA) is 55.6 Å². The highest BCUT2D eigenvalue weighted by molar-refractivity contribution is 5.95. The lowest BCUT2D eigenvalue weighted by molar-refractivity contribution is -0.000207. The van der Waals surface area contributed by atoms with Crippen molar-refractivity contribution >= 4 is 5.91 Å². The van der Waals surface area contributed by atoms with Crippen LogP contribution in [0.5, 0.6) is 0 Å². The molecular weight excluding hydrogens is 252 g/mol. The number of rotatable bonds is 5. The average molecular weight is 276 g/mol. The van der Waals surface area contributed by atoms with Gasteiger partial charge >= 0.3 is 0 Å². The quantitative estimate of drug-likeness (QED) is 0.892. The van der Waals surface area contributed by atoms with Crippen LogP contribution in [0.3, 0.4) is 0 Å². The molecular formula is C16H24N2O2. The molecule has 1 atom stereocenters. The van der Waals surface area contributed by atoms with Crippen LogP contribution in [-0.4, -0.2) is 43.7 Å². The normalized spacial score (nSPS) is 18.8. The van der Waals surface area contributed by atoms with Crippen molar-refractivity contribution in [3.63, 3.8) is 0 Å². The minimum Gasteiger partial charge on any atom is -0.376 e. The van der Waals surface area contributed by atoms with Crippen LogP contribution in [0, 0.1) is 0 Å². The van der Waals surface area contributed by atoms with Gasteiger partial charge in [0.05, 0.1) is 6.10 Å². The first-order valence-corrected chi connectivity index (χ1v) is 7.37. The maximum Gasteiger partial charge on any atom is 0.253 e. The molecule has 0 saturated carbocycles. The fourth-order valence-corrected chi connectivity index (χ4v) is 2.65. The van der Waals surface area contributed by atoms with Gasteiger partial charge in [-0.3, -0.25) is 4.79 Å². The van der Waals surface area contributed by atoms with Crippen molar-refractivity contribution in [3.8, 4) is 0 Å². The van der Waals surface area contributed by atoms with Crippen LogP contribution in [0.25, 0.3) is 0 Å². The molecule has 4 heteroatoms. The Morgan fingerprint density at radius 3 is 2.90 bits per heavy atom. The molecule has 2 rings (SSSR count). The number of carbonyl (C=O) groups is 1. The first-order chi connectivity index (χ1) is 9.72. The van der Waals surface area contributed by atoms with Crippen molar-refractivity contribution < 1.29 is 9.53 Å². The number of nitrogens with two attached hydrogens (primary N) is 1. The molecule has 1 aliphatic rings. The van der Waals surface area contributed by atoms with E-state index >= 15 is 0 Å². The molecule has 20 heavy (non-hydrogen) atoms. The average Bonchev–Trinajstić information content (AvgIpc) is 2.48. The van der Waals surface area contributed by atoms with Gasteiger partial charge in [-0.1, -0.05) is 18.2 Å². The Morgan fingerprint density at radius 1 is 1.40 bits per heavy atom. The van der Waals surface area contributed by atoms with E-state index in [2.05, 4.69) is 0 Å². The molecule has 4 nitrogen and oxygen atoms in total. The fourth-order valence-electron chi connectivity index (χ4n) is 2.65. The summed E-state index contributed by atoms with van der Waals surface area (Å²) in [7, 11) is 1.85. The second-order valence-electron chi connectivity index (χ2n) is 5.37. The lowest BCUT2D eigenvalue weighted by atomic mass is 10.0. The van der Waals surface area contributed by atoms with Crippen LogP contribution in [0.15, 0.2) is 24.3 Å². The minimum absolute atomic E-state index is 0.0585. The molecule has 2 N–H and O–H groups in total. The van der Waals surface area contributed by atoms with E-state index in [-0.39, 0.29) is 12.0 Å². The molecule has 110 valence electrons. The van der Waals surface area contributed by atoms with Gasteiger partial charge in [-0.25, -0.2) is 0 Å². The largest absolute Gasteiger partial charge is 0.376 e. The summed E-state index contributed by atoms with van der Waals surface area (Å²) in [5.41, 5.74) is 7.40. The molecule has 1 heterocycles. The molecule has 0 bridgehead atoms. The highest BCUT2D eigenvalue weighted by Crippen LogP contribution is 2.16. The first-order valence-electron chi connectivity index (χ1n) is 7.37. The first kappa shape index (κ1) is 15.0. The van der Waals surface area contributed by atoms with E-state index in [1.165, 1.54) is 6.42 Å². The molecule has 1 aliphatic heterocycles. The number of benzene rings is 1. The molecule has 0 spiro atoms. The summed E-state index contributed by atoms with van der Waals surface area (Å²) in [4.78, 5) is 14.3. The predicted octanol–water partition coefficient (Wildman–Crippen LogP) is 1.83. The molecule has 1 amide bonds. The molecule has 1 aromatic carbocycles. The third kappa shape index (κ3) is 3.81. The van der Waals surface area contributed by atoms with Crippen LogP contribution in [0.4, 0.5) is 0 Å². The van der Waals surface area contributed by atoms with E-state index < -0.39 is 0 Å². The van der Waals surface area contributed by atoms with Crippen LogP contribution in [0.2, 0.25) is 0 Å². The zero-order valence-electron chi connectivity index (χ0n) is 12.2. The summed E-state index contributed by atoms with van der Waals surface area (Å²) in [6.45, 7) is 2.03. The summed E-state index contributed by atoms with van der Waals surface area (Å²) >= 11 is 0. The van der Waals surface area contributed by atoms with Crippen molar-refractivity contribution in [1.29, 1.82) is 0 Å². The van der Waals surface area contributed by atoms with Crippen LogP contribution < -0.4 is 5.73 Å². The summed E-state index contributed by atoms with van der Waals surface area (Å²) in [6.07, 6.45) is 4.28. The zero-order valence-corrected chi connectivity index (χ0v) is 12.2. The van der Waals surface area contributed by atoms with Crippen LogP contribution >= 0.6 is 0 Å². The van der Waals surface area contributed by atoms with E-state index in [1.54, 1.807) is 4.90 Å². The van der Waals surface area contributed by atoms with E-state index in [1.807, 2.05) is 31.3 Å². The van der Waals surface area contributed by atoms with Crippen molar-refractivity contribution in [3.05, 3.63) is 35.4 Å². The number of ether oxygens (including phenoxy) is 1. The summed E-state index contributed by atoms with van der Waals surface area (Å²) in [5.74, 6) is 0.0585. The number of likely N-dealkylation sites (N-methyl/N-ethyl adjacent to an activating group) is 1. The van der Waals surface area contributed by atoms with Crippen molar-refractivity contribution in [2.45, 2.75) is 31.8 Å². The van der Waals surface area contributed by atoms with Gasteiger partial charge in [0, 0.05) is 25.8 Å². The Bertz CT molecular complexity index is 442. The molecule has 0 aromatic heterocycles. The molecule has 1 saturated heterocycles. The van der Waals surface area contributed by atoms with Crippen LogP contribution in [0.1, 0.15) is 35.2 Å². The molecule has 0 radical (unpaired) electrons. The van der Waals surface area contributed by atoms with E-state index in [4.69, 9.17) is 10.5 Å². The minimum atomic E-state index is 0.0585. The highest BCUT2D eigenvalue weighted by Gasteiger charge is 2.20. The highest BCUT2D eigenvalue weighted by atomic mass is 16.5. The molecule has 1 fully saturated rings. The number of hydrogen-bond acceptors (Lipinski definition) is 3. The van der Waals surface area contributed by atoms with E-state index in [0.29, 0.717) is 13.1 Å². The Kier molecular flexibility index (Phi) is 5.56. The summed E-state index contributed by atoms with van der Waals surface area (Å²) < 4.78 is 5.70. The molecule has 0 aliphatic carbocycles. The van der Waals surface area contributed by atoms with Gasteiger partial charge in [-0.2, -0.15) is 0 Å². The second-order valence-corrected chi connectivity index (χ2v) is 5.37. The number of hydrogen-bond donors (Lipinski definition) is 1. The SMILES string of the molecule is CN(CC1CCCCO1)C(=O)c1ccccc1CCN. The maximum atomic E-state index is 12.5. The summed E-state index contributed by atoms with van der Waals surface area (Å²) in [5, 5.41) is 0. The third-order valence-corrected chi connectivity index (χ3v) is 3.76. The van der Waals surface area contributed by atoms with Crippen LogP contribution in [-0.2, 0) is 11.2 Å². The van der Waals surface area contributed by atoms with Gasteiger partial charge < -0.3 is 15.4 Å². The van der Waals surface area contributed by atoms with Crippen molar-refractivity contribution in [2.75, 3.05) is 26.7 Å². The monoisotopic (exact) mass is 276 g/mol. The van der Waals surface area contributed by atoms with Gasteiger partial charge in [0.15, 0.2) is 0 Å². The molecule has 1 unspecified atom stereocenters.